The van der Waals surface area contributed by atoms with E-state index in [1.807, 2.05) is 56.3 Å². The number of rotatable bonds is 9. The highest BCUT2D eigenvalue weighted by Gasteiger charge is 2.39. The second-order valence-electron chi connectivity index (χ2n) is 8.07. The number of aryl methyl sites for hydroxylation is 1. The SMILES string of the molecule is CCCN1C(=O)C(Nc2cc(C)ccc2OC)=C(c2ccc(OCC(C)C)cc2)C1=O. The summed E-state index contributed by atoms with van der Waals surface area (Å²) in [4.78, 5) is 27.6. The Hall–Kier alpha value is -3.28. The third-order valence-electron chi connectivity index (χ3n) is 4.96. The molecule has 0 fully saturated rings. The van der Waals surface area contributed by atoms with E-state index in [1.54, 1.807) is 7.11 Å². The smallest absolute Gasteiger partial charge is 0.278 e. The van der Waals surface area contributed by atoms with Crippen LogP contribution in [0.4, 0.5) is 5.69 Å². The van der Waals surface area contributed by atoms with Gasteiger partial charge in [0.15, 0.2) is 0 Å². The quantitative estimate of drug-likeness (QED) is 0.596. The predicted octanol–water partition coefficient (Wildman–Crippen LogP) is 4.64. The molecule has 164 valence electrons. The number of ether oxygens (including phenoxy) is 2. The molecule has 0 spiro atoms. The molecule has 2 aromatic carbocycles. The lowest BCUT2D eigenvalue weighted by Crippen LogP contribution is -2.33. The van der Waals surface area contributed by atoms with Crippen LogP contribution in [0.2, 0.25) is 0 Å². The Morgan fingerprint density at radius 3 is 2.35 bits per heavy atom. The first-order valence-corrected chi connectivity index (χ1v) is 10.6. The molecule has 2 amide bonds. The molecule has 0 radical (unpaired) electrons. The maximum atomic E-state index is 13.2. The molecule has 6 nitrogen and oxygen atoms in total. The molecule has 6 heteroatoms. The molecule has 1 N–H and O–H groups in total. The van der Waals surface area contributed by atoms with Gasteiger partial charge in [-0.15, -0.1) is 0 Å². The van der Waals surface area contributed by atoms with Crippen molar-refractivity contribution in [1.29, 1.82) is 0 Å². The van der Waals surface area contributed by atoms with Crippen molar-refractivity contribution in [2.75, 3.05) is 25.6 Å². The van der Waals surface area contributed by atoms with Crippen LogP contribution in [0.15, 0.2) is 48.2 Å². The van der Waals surface area contributed by atoms with Crippen LogP contribution in [-0.4, -0.2) is 37.0 Å². The number of methoxy groups -OCH3 is 1. The maximum Gasteiger partial charge on any atom is 0.278 e. The van der Waals surface area contributed by atoms with Gasteiger partial charge in [0.25, 0.3) is 11.8 Å². The molecule has 31 heavy (non-hydrogen) atoms. The predicted molar refractivity (Wildman–Crippen MR) is 122 cm³/mol. The molecule has 0 unspecified atom stereocenters. The lowest BCUT2D eigenvalue weighted by Gasteiger charge is -2.15. The number of benzene rings is 2. The van der Waals surface area contributed by atoms with Gasteiger partial charge in [0.1, 0.15) is 17.2 Å². The summed E-state index contributed by atoms with van der Waals surface area (Å²) >= 11 is 0. The van der Waals surface area contributed by atoms with Gasteiger partial charge in [0.05, 0.1) is 25.0 Å². The van der Waals surface area contributed by atoms with Crippen LogP contribution in [0.25, 0.3) is 5.57 Å². The summed E-state index contributed by atoms with van der Waals surface area (Å²) in [6.45, 7) is 9.05. The van der Waals surface area contributed by atoms with Gasteiger partial charge < -0.3 is 14.8 Å². The number of carbonyl (C=O) groups is 2. The average molecular weight is 423 g/mol. The van der Waals surface area contributed by atoms with Crippen LogP contribution >= 0.6 is 0 Å². The summed E-state index contributed by atoms with van der Waals surface area (Å²) in [7, 11) is 1.58. The molecular weight excluding hydrogens is 392 g/mol. The van der Waals surface area contributed by atoms with Gasteiger partial charge in [-0.25, -0.2) is 0 Å². The van der Waals surface area contributed by atoms with Crippen LogP contribution in [0.5, 0.6) is 11.5 Å². The molecule has 0 saturated heterocycles. The van der Waals surface area contributed by atoms with E-state index in [4.69, 9.17) is 9.47 Å². The van der Waals surface area contributed by atoms with Gasteiger partial charge >= 0.3 is 0 Å². The Morgan fingerprint density at radius 1 is 1.03 bits per heavy atom. The zero-order valence-electron chi connectivity index (χ0n) is 18.8. The molecule has 1 aliphatic rings. The number of hydrogen-bond acceptors (Lipinski definition) is 5. The van der Waals surface area contributed by atoms with Crippen LogP contribution in [0.3, 0.4) is 0 Å². The Kier molecular flexibility index (Phi) is 7.00. The topological polar surface area (TPSA) is 67.9 Å². The zero-order valence-corrected chi connectivity index (χ0v) is 18.8. The van der Waals surface area contributed by atoms with Crippen molar-refractivity contribution in [2.24, 2.45) is 5.92 Å². The van der Waals surface area contributed by atoms with Gasteiger partial charge in [0.2, 0.25) is 0 Å². The molecule has 2 aromatic rings. The number of nitrogens with zero attached hydrogens (tertiary/aromatic N) is 1. The number of anilines is 1. The number of carbonyl (C=O) groups excluding carboxylic acids is 2. The summed E-state index contributed by atoms with van der Waals surface area (Å²) in [5.41, 5.74) is 2.95. The number of imide groups is 1. The van der Waals surface area contributed by atoms with Crippen molar-refractivity contribution in [3.8, 4) is 11.5 Å². The Labute approximate surface area is 183 Å². The van der Waals surface area contributed by atoms with E-state index in [1.165, 1.54) is 4.90 Å². The van der Waals surface area contributed by atoms with E-state index < -0.39 is 0 Å². The van der Waals surface area contributed by atoms with Gasteiger partial charge in [-0.2, -0.15) is 0 Å². The first-order valence-electron chi connectivity index (χ1n) is 10.6. The van der Waals surface area contributed by atoms with Crippen LogP contribution in [0, 0.1) is 12.8 Å². The molecule has 0 aromatic heterocycles. The highest BCUT2D eigenvalue weighted by Crippen LogP contribution is 2.34. The Bertz CT molecular complexity index is 993. The molecule has 0 atom stereocenters. The lowest BCUT2D eigenvalue weighted by molar-refractivity contribution is -0.136. The van der Waals surface area contributed by atoms with Gasteiger partial charge in [-0.1, -0.05) is 39.0 Å². The third kappa shape index (κ3) is 4.90. The molecule has 0 aliphatic carbocycles. The minimum Gasteiger partial charge on any atom is -0.495 e. The highest BCUT2D eigenvalue weighted by atomic mass is 16.5. The van der Waals surface area contributed by atoms with E-state index >= 15 is 0 Å². The van der Waals surface area contributed by atoms with E-state index in [-0.39, 0.29) is 17.5 Å². The third-order valence-corrected chi connectivity index (χ3v) is 4.96. The highest BCUT2D eigenvalue weighted by molar-refractivity contribution is 6.36. The number of hydrogen-bond donors (Lipinski definition) is 1. The normalized spacial score (nSPS) is 13.9. The molecule has 1 aliphatic heterocycles. The fraction of sp³-hybridized carbons (Fsp3) is 0.360. The summed E-state index contributed by atoms with van der Waals surface area (Å²) in [5.74, 6) is 1.13. The van der Waals surface area contributed by atoms with Crippen LogP contribution < -0.4 is 14.8 Å². The van der Waals surface area contributed by atoms with E-state index in [9.17, 15) is 9.59 Å². The monoisotopic (exact) mass is 422 g/mol. The largest absolute Gasteiger partial charge is 0.495 e. The summed E-state index contributed by atoms with van der Waals surface area (Å²) in [5, 5.41) is 3.18. The zero-order chi connectivity index (χ0) is 22.5. The van der Waals surface area contributed by atoms with Gasteiger partial charge in [0, 0.05) is 6.54 Å². The van der Waals surface area contributed by atoms with Crippen molar-refractivity contribution in [3.05, 3.63) is 59.3 Å². The summed E-state index contributed by atoms with van der Waals surface area (Å²) in [6, 6.07) is 13.0. The molecule has 1 heterocycles. The minimum absolute atomic E-state index is 0.262. The number of nitrogens with one attached hydrogen (secondary N) is 1. The average Bonchev–Trinajstić information content (AvgIpc) is 2.97. The van der Waals surface area contributed by atoms with Crippen molar-refractivity contribution in [1.82, 2.24) is 4.90 Å². The van der Waals surface area contributed by atoms with Crippen LogP contribution in [-0.2, 0) is 9.59 Å². The van der Waals surface area contributed by atoms with Crippen molar-refractivity contribution < 1.29 is 19.1 Å². The van der Waals surface area contributed by atoms with E-state index in [2.05, 4.69) is 19.2 Å². The molecular formula is C25H30N2O4. The van der Waals surface area contributed by atoms with Crippen molar-refractivity contribution in [3.63, 3.8) is 0 Å². The standard InChI is InChI=1S/C25H30N2O4/c1-6-13-27-24(28)22(18-8-10-19(11-9-18)31-15-16(2)3)23(25(27)29)26-20-14-17(4)7-12-21(20)30-5/h7-12,14,16,26H,6,13,15H2,1-5H3. The fourth-order valence-corrected chi connectivity index (χ4v) is 3.42. The van der Waals surface area contributed by atoms with E-state index in [0.717, 1.165) is 11.3 Å². The number of amides is 2. The first-order chi connectivity index (χ1) is 14.8. The van der Waals surface area contributed by atoms with Gasteiger partial charge in [-0.3, -0.25) is 14.5 Å². The molecule has 0 bridgehead atoms. The summed E-state index contributed by atoms with van der Waals surface area (Å²) < 4.78 is 11.2. The molecule has 3 rings (SSSR count). The van der Waals surface area contributed by atoms with Gasteiger partial charge in [-0.05, 0) is 54.7 Å². The first kappa shape index (κ1) is 22.4. The fourth-order valence-electron chi connectivity index (χ4n) is 3.42. The second kappa shape index (κ2) is 9.69. The van der Waals surface area contributed by atoms with Crippen molar-refractivity contribution in [2.45, 2.75) is 34.1 Å². The summed E-state index contributed by atoms with van der Waals surface area (Å²) in [6.07, 6.45) is 0.688. The maximum absolute atomic E-state index is 13.2. The molecule has 0 saturated carbocycles. The van der Waals surface area contributed by atoms with Crippen molar-refractivity contribution >= 4 is 23.1 Å². The lowest BCUT2D eigenvalue weighted by atomic mass is 10.0. The van der Waals surface area contributed by atoms with Crippen LogP contribution in [0.1, 0.15) is 38.3 Å². The van der Waals surface area contributed by atoms with E-state index in [0.29, 0.717) is 48.1 Å². The Balaban J connectivity index is 2.01. The second-order valence-corrected chi connectivity index (χ2v) is 8.07. The Morgan fingerprint density at radius 2 is 1.74 bits per heavy atom. The minimum atomic E-state index is -0.328.